The lowest BCUT2D eigenvalue weighted by atomic mass is 9.98. The van der Waals surface area contributed by atoms with Gasteiger partial charge in [-0.3, -0.25) is 4.79 Å². The average Bonchev–Trinajstić information content (AvgIpc) is 2.57. The summed E-state index contributed by atoms with van der Waals surface area (Å²) >= 11 is 0. The third-order valence-corrected chi connectivity index (χ3v) is 3.59. The number of primary amides is 1. The molecule has 0 saturated heterocycles. The van der Waals surface area contributed by atoms with Crippen molar-refractivity contribution in [3.8, 4) is 22.6 Å². The number of carbonyl (C=O) groups is 1. The molecule has 5 heteroatoms. The van der Waals surface area contributed by atoms with E-state index in [0.717, 1.165) is 5.56 Å². The van der Waals surface area contributed by atoms with Gasteiger partial charge in [0.05, 0.1) is 0 Å². The summed E-state index contributed by atoms with van der Waals surface area (Å²) in [6, 6.07) is 19.5. The van der Waals surface area contributed by atoms with Crippen molar-refractivity contribution in [3.05, 3.63) is 72.3 Å². The molecule has 0 aliphatic heterocycles. The molecule has 0 saturated carbocycles. The van der Waals surface area contributed by atoms with E-state index >= 15 is 0 Å². The van der Waals surface area contributed by atoms with Crippen molar-refractivity contribution < 1.29 is 9.53 Å². The maximum atomic E-state index is 11.6. The molecule has 1 amide bonds. The van der Waals surface area contributed by atoms with Crippen molar-refractivity contribution in [2.45, 2.75) is 0 Å². The van der Waals surface area contributed by atoms with Crippen LogP contribution in [0.5, 0.6) is 11.5 Å². The van der Waals surface area contributed by atoms with Crippen molar-refractivity contribution in [3.63, 3.8) is 0 Å². The minimum Gasteiger partial charge on any atom is -0.457 e. The molecule has 3 aromatic carbocycles. The third-order valence-electron chi connectivity index (χ3n) is 3.59. The van der Waals surface area contributed by atoms with Gasteiger partial charge in [-0.25, -0.2) is 0 Å². The number of amides is 1. The van der Waals surface area contributed by atoms with Crippen LogP contribution in [0.25, 0.3) is 11.1 Å². The monoisotopic (exact) mass is 319 g/mol. The van der Waals surface area contributed by atoms with Crippen molar-refractivity contribution in [1.29, 1.82) is 0 Å². The number of benzene rings is 3. The maximum absolute atomic E-state index is 11.6. The summed E-state index contributed by atoms with van der Waals surface area (Å²) in [4.78, 5) is 11.6. The molecular formula is C19H17N3O2. The standard InChI is InChI=1S/C19H17N3O2/c20-13-3-8-16(9-4-13)24-15-6-1-12(2-7-15)18-11-14(21)5-10-17(18)19(22)23/h1-11H,20-21H2,(H2,22,23). The Bertz CT molecular complexity index is 872. The minimum atomic E-state index is -0.493. The topological polar surface area (TPSA) is 104 Å². The Morgan fingerprint density at radius 1 is 0.750 bits per heavy atom. The van der Waals surface area contributed by atoms with Crippen LogP contribution in [-0.2, 0) is 0 Å². The van der Waals surface area contributed by atoms with Gasteiger partial charge in [-0.15, -0.1) is 0 Å². The summed E-state index contributed by atoms with van der Waals surface area (Å²) in [6.07, 6.45) is 0. The molecule has 0 unspecified atom stereocenters. The predicted octanol–water partition coefficient (Wildman–Crippen LogP) is 3.41. The Morgan fingerprint density at radius 2 is 1.29 bits per heavy atom. The van der Waals surface area contributed by atoms with E-state index in [9.17, 15) is 4.79 Å². The van der Waals surface area contributed by atoms with Gasteiger partial charge < -0.3 is 21.9 Å². The van der Waals surface area contributed by atoms with Crippen molar-refractivity contribution >= 4 is 17.3 Å². The highest BCUT2D eigenvalue weighted by Gasteiger charge is 2.10. The lowest BCUT2D eigenvalue weighted by Gasteiger charge is -2.10. The van der Waals surface area contributed by atoms with Gasteiger partial charge in [0.2, 0.25) is 5.91 Å². The Balaban J connectivity index is 1.88. The van der Waals surface area contributed by atoms with Crippen molar-refractivity contribution in [2.24, 2.45) is 5.73 Å². The van der Waals surface area contributed by atoms with E-state index < -0.39 is 5.91 Å². The highest BCUT2D eigenvalue weighted by atomic mass is 16.5. The Kier molecular flexibility index (Phi) is 4.07. The molecule has 0 aliphatic carbocycles. The Hall–Kier alpha value is -3.47. The minimum absolute atomic E-state index is 0.427. The van der Waals surface area contributed by atoms with Gasteiger partial charge in [0.25, 0.3) is 0 Å². The second kappa shape index (κ2) is 6.34. The molecule has 0 atom stereocenters. The summed E-state index contributed by atoms with van der Waals surface area (Å²) in [6.45, 7) is 0. The first-order chi connectivity index (χ1) is 11.5. The second-order valence-electron chi connectivity index (χ2n) is 5.36. The SMILES string of the molecule is NC(=O)c1ccc(N)cc1-c1ccc(Oc2ccc(N)cc2)cc1. The molecule has 3 rings (SSSR count). The van der Waals surface area contributed by atoms with Gasteiger partial charge in [0.1, 0.15) is 11.5 Å². The number of hydrogen-bond donors (Lipinski definition) is 3. The number of rotatable bonds is 4. The second-order valence-corrected chi connectivity index (χ2v) is 5.36. The van der Waals surface area contributed by atoms with Crippen LogP contribution in [0.4, 0.5) is 11.4 Å². The van der Waals surface area contributed by atoms with Gasteiger partial charge in [0, 0.05) is 16.9 Å². The van der Waals surface area contributed by atoms with Gasteiger partial charge in [-0.2, -0.15) is 0 Å². The first-order valence-corrected chi connectivity index (χ1v) is 7.36. The van der Waals surface area contributed by atoms with Crippen LogP contribution in [0.2, 0.25) is 0 Å². The van der Waals surface area contributed by atoms with E-state index in [0.29, 0.717) is 34.0 Å². The predicted molar refractivity (Wildman–Crippen MR) is 95.7 cm³/mol. The van der Waals surface area contributed by atoms with Gasteiger partial charge in [0.15, 0.2) is 0 Å². The molecule has 0 bridgehead atoms. The van der Waals surface area contributed by atoms with E-state index in [1.807, 2.05) is 24.3 Å². The highest BCUT2D eigenvalue weighted by Crippen LogP contribution is 2.29. The molecule has 0 aromatic heterocycles. The largest absolute Gasteiger partial charge is 0.457 e. The average molecular weight is 319 g/mol. The summed E-state index contributed by atoms with van der Waals surface area (Å²) in [5.74, 6) is 0.874. The molecule has 0 spiro atoms. The van der Waals surface area contributed by atoms with Gasteiger partial charge in [-0.1, -0.05) is 12.1 Å². The van der Waals surface area contributed by atoms with Gasteiger partial charge >= 0.3 is 0 Å². The van der Waals surface area contributed by atoms with E-state index in [1.165, 1.54) is 0 Å². The normalized spacial score (nSPS) is 10.3. The van der Waals surface area contributed by atoms with E-state index in [1.54, 1.807) is 42.5 Å². The van der Waals surface area contributed by atoms with Crippen LogP contribution in [0.3, 0.4) is 0 Å². The molecule has 5 nitrogen and oxygen atoms in total. The molecule has 0 aliphatic rings. The van der Waals surface area contributed by atoms with Crippen LogP contribution in [0.15, 0.2) is 66.7 Å². The summed E-state index contributed by atoms with van der Waals surface area (Å²) in [5, 5.41) is 0. The summed E-state index contributed by atoms with van der Waals surface area (Å²) < 4.78 is 5.75. The number of hydrogen-bond acceptors (Lipinski definition) is 4. The van der Waals surface area contributed by atoms with Crippen LogP contribution >= 0.6 is 0 Å². The molecule has 0 radical (unpaired) electrons. The quantitative estimate of drug-likeness (QED) is 0.641. The zero-order valence-corrected chi connectivity index (χ0v) is 12.9. The highest BCUT2D eigenvalue weighted by molar-refractivity contribution is 6.00. The van der Waals surface area contributed by atoms with Crippen LogP contribution in [0, 0.1) is 0 Å². The number of anilines is 2. The van der Waals surface area contributed by atoms with Crippen molar-refractivity contribution in [2.75, 3.05) is 11.5 Å². The zero-order valence-electron chi connectivity index (χ0n) is 12.9. The zero-order chi connectivity index (χ0) is 17.1. The molecular weight excluding hydrogens is 302 g/mol. The molecule has 6 N–H and O–H groups in total. The number of ether oxygens (including phenoxy) is 1. The van der Waals surface area contributed by atoms with Crippen LogP contribution in [-0.4, -0.2) is 5.91 Å². The molecule has 24 heavy (non-hydrogen) atoms. The lowest BCUT2D eigenvalue weighted by Crippen LogP contribution is -2.12. The number of nitrogen functional groups attached to an aromatic ring is 2. The fourth-order valence-electron chi connectivity index (χ4n) is 2.39. The molecule has 3 aromatic rings. The first kappa shape index (κ1) is 15.4. The Morgan fingerprint density at radius 3 is 1.88 bits per heavy atom. The van der Waals surface area contributed by atoms with Gasteiger partial charge in [-0.05, 0) is 65.7 Å². The molecule has 0 fully saturated rings. The fraction of sp³-hybridized carbons (Fsp3) is 0. The van der Waals surface area contributed by atoms with Crippen LogP contribution < -0.4 is 21.9 Å². The summed E-state index contributed by atoms with van der Waals surface area (Å²) in [7, 11) is 0. The summed E-state index contributed by atoms with van der Waals surface area (Å²) in [5.41, 5.74) is 20.1. The number of nitrogens with two attached hydrogens (primary N) is 3. The first-order valence-electron chi connectivity index (χ1n) is 7.36. The Labute approximate surface area is 139 Å². The van der Waals surface area contributed by atoms with E-state index in [4.69, 9.17) is 21.9 Å². The van der Waals surface area contributed by atoms with Crippen molar-refractivity contribution in [1.82, 2.24) is 0 Å². The smallest absolute Gasteiger partial charge is 0.249 e. The third kappa shape index (κ3) is 3.30. The van der Waals surface area contributed by atoms with E-state index in [2.05, 4.69) is 0 Å². The van der Waals surface area contributed by atoms with Crippen LogP contribution in [0.1, 0.15) is 10.4 Å². The maximum Gasteiger partial charge on any atom is 0.249 e. The fourth-order valence-corrected chi connectivity index (χ4v) is 2.39. The molecule has 0 heterocycles. The number of carbonyl (C=O) groups excluding carboxylic acids is 1. The van der Waals surface area contributed by atoms with E-state index in [-0.39, 0.29) is 0 Å². The lowest BCUT2D eigenvalue weighted by molar-refractivity contribution is 0.100. The molecule has 120 valence electrons.